The lowest BCUT2D eigenvalue weighted by atomic mass is 9.96. The molecule has 3 heteroatoms. The molecule has 0 spiro atoms. The van der Waals surface area contributed by atoms with E-state index in [0.29, 0.717) is 11.9 Å². The van der Waals surface area contributed by atoms with Crippen molar-refractivity contribution in [3.05, 3.63) is 11.6 Å². The number of carbonyl (C=O) groups is 1. The molecule has 1 saturated carbocycles. The number of carbonyl (C=O) groups excluding carboxylic acids is 1. The highest BCUT2D eigenvalue weighted by Gasteiger charge is 2.33. The van der Waals surface area contributed by atoms with Crippen LogP contribution in [0.1, 0.15) is 57.8 Å². The normalized spacial score (nSPS) is 28.4. The van der Waals surface area contributed by atoms with E-state index in [1.54, 1.807) is 5.57 Å². The summed E-state index contributed by atoms with van der Waals surface area (Å²) >= 11 is 0. The molecule has 1 saturated heterocycles. The largest absolute Gasteiger partial charge is 0.341 e. The fourth-order valence-electron chi connectivity index (χ4n) is 3.26. The second-order valence-electron chi connectivity index (χ2n) is 6.32. The molecule has 1 amide bonds. The third-order valence-electron chi connectivity index (χ3n) is 4.63. The third kappa shape index (κ3) is 3.59. The maximum absolute atomic E-state index is 12.4. The van der Waals surface area contributed by atoms with Crippen LogP contribution in [0.25, 0.3) is 0 Å². The Morgan fingerprint density at radius 1 is 1.21 bits per heavy atom. The van der Waals surface area contributed by atoms with Gasteiger partial charge in [-0.2, -0.15) is 0 Å². The van der Waals surface area contributed by atoms with Gasteiger partial charge in [0.05, 0.1) is 6.04 Å². The number of piperidine rings is 1. The van der Waals surface area contributed by atoms with Crippen molar-refractivity contribution in [3.63, 3.8) is 0 Å². The van der Waals surface area contributed by atoms with Gasteiger partial charge in [-0.05, 0) is 57.8 Å². The first kappa shape index (κ1) is 13.2. The molecule has 106 valence electrons. The number of rotatable bonds is 5. The summed E-state index contributed by atoms with van der Waals surface area (Å²) in [6, 6.07) is 0.747. The van der Waals surface area contributed by atoms with E-state index < -0.39 is 0 Å². The topological polar surface area (TPSA) is 32.3 Å². The van der Waals surface area contributed by atoms with E-state index >= 15 is 0 Å². The minimum atomic E-state index is 0.113. The maximum Gasteiger partial charge on any atom is 0.239 e. The number of amides is 1. The Bertz CT molecular complexity index is 360. The fourth-order valence-corrected chi connectivity index (χ4v) is 3.26. The molecular weight excluding hydrogens is 236 g/mol. The molecule has 3 nitrogen and oxygen atoms in total. The molecule has 0 aromatic heterocycles. The van der Waals surface area contributed by atoms with Crippen LogP contribution in [0.2, 0.25) is 0 Å². The second-order valence-corrected chi connectivity index (χ2v) is 6.32. The molecule has 1 unspecified atom stereocenters. The monoisotopic (exact) mass is 262 g/mol. The zero-order valence-electron chi connectivity index (χ0n) is 11.9. The number of likely N-dealkylation sites (tertiary alicyclic amines) is 1. The predicted molar refractivity (Wildman–Crippen MR) is 76.9 cm³/mol. The van der Waals surface area contributed by atoms with Gasteiger partial charge in [-0.1, -0.05) is 11.6 Å². The van der Waals surface area contributed by atoms with Crippen molar-refractivity contribution < 1.29 is 4.79 Å². The number of allylic oxidation sites excluding steroid dienone is 1. The van der Waals surface area contributed by atoms with Gasteiger partial charge in [-0.25, -0.2) is 0 Å². The third-order valence-corrected chi connectivity index (χ3v) is 4.63. The van der Waals surface area contributed by atoms with Gasteiger partial charge in [0.15, 0.2) is 0 Å². The maximum atomic E-state index is 12.4. The van der Waals surface area contributed by atoms with Crippen LogP contribution in [0, 0.1) is 0 Å². The zero-order valence-corrected chi connectivity index (χ0v) is 11.9. The molecule has 0 aromatic rings. The van der Waals surface area contributed by atoms with Crippen molar-refractivity contribution in [2.75, 3.05) is 13.1 Å². The first-order chi connectivity index (χ1) is 9.33. The van der Waals surface area contributed by atoms with E-state index in [4.69, 9.17) is 0 Å². The molecule has 19 heavy (non-hydrogen) atoms. The van der Waals surface area contributed by atoms with Crippen molar-refractivity contribution >= 4 is 5.91 Å². The van der Waals surface area contributed by atoms with Gasteiger partial charge in [-0.3, -0.25) is 4.79 Å². The first-order valence-corrected chi connectivity index (χ1v) is 8.05. The molecule has 1 atom stereocenters. The first-order valence-electron chi connectivity index (χ1n) is 8.05. The molecule has 1 N–H and O–H groups in total. The summed E-state index contributed by atoms with van der Waals surface area (Å²) in [7, 11) is 0. The quantitative estimate of drug-likeness (QED) is 0.772. The van der Waals surface area contributed by atoms with Crippen molar-refractivity contribution in [2.24, 2.45) is 0 Å². The van der Waals surface area contributed by atoms with Crippen LogP contribution in [0.3, 0.4) is 0 Å². The summed E-state index contributed by atoms with van der Waals surface area (Å²) in [5.74, 6) is 0.356. The van der Waals surface area contributed by atoms with Crippen LogP contribution in [0.4, 0.5) is 0 Å². The molecule has 3 rings (SSSR count). The number of hydrogen-bond donors (Lipinski definition) is 1. The molecular formula is C16H26N2O. The average molecular weight is 262 g/mol. The lowest BCUT2D eigenvalue weighted by molar-refractivity contribution is -0.136. The lowest BCUT2D eigenvalue weighted by Crippen LogP contribution is -2.51. The van der Waals surface area contributed by atoms with Crippen molar-refractivity contribution in [1.82, 2.24) is 10.2 Å². The molecule has 3 aliphatic rings. The molecule has 2 aliphatic carbocycles. The zero-order chi connectivity index (χ0) is 13.1. The van der Waals surface area contributed by atoms with Crippen molar-refractivity contribution in [3.8, 4) is 0 Å². The van der Waals surface area contributed by atoms with Gasteiger partial charge in [0.1, 0.15) is 0 Å². The van der Waals surface area contributed by atoms with E-state index in [0.717, 1.165) is 32.4 Å². The predicted octanol–water partition coefficient (Wildman–Crippen LogP) is 2.62. The molecule has 1 heterocycles. The average Bonchev–Trinajstić information content (AvgIpc) is 3.25. The minimum Gasteiger partial charge on any atom is -0.341 e. The highest BCUT2D eigenvalue weighted by Crippen LogP contribution is 2.24. The Labute approximate surface area is 116 Å². The molecule has 0 bridgehead atoms. The Morgan fingerprint density at radius 3 is 2.84 bits per heavy atom. The number of nitrogens with zero attached hydrogens (tertiary/aromatic N) is 1. The second kappa shape index (κ2) is 6.08. The summed E-state index contributed by atoms with van der Waals surface area (Å²) in [5.41, 5.74) is 1.58. The van der Waals surface area contributed by atoms with E-state index in [-0.39, 0.29) is 6.04 Å². The summed E-state index contributed by atoms with van der Waals surface area (Å²) in [6.07, 6.45) is 13.4. The van der Waals surface area contributed by atoms with E-state index in [1.807, 2.05) is 0 Å². The Balaban J connectivity index is 1.48. The minimum absolute atomic E-state index is 0.113. The van der Waals surface area contributed by atoms with Gasteiger partial charge in [-0.15, -0.1) is 0 Å². The fraction of sp³-hybridized carbons (Fsp3) is 0.812. The van der Waals surface area contributed by atoms with Crippen LogP contribution >= 0.6 is 0 Å². The summed E-state index contributed by atoms with van der Waals surface area (Å²) in [5, 5.41) is 3.50. The van der Waals surface area contributed by atoms with Gasteiger partial charge < -0.3 is 10.2 Å². The van der Waals surface area contributed by atoms with Crippen LogP contribution in [0.5, 0.6) is 0 Å². The van der Waals surface area contributed by atoms with Crippen LogP contribution in [-0.4, -0.2) is 36.0 Å². The van der Waals surface area contributed by atoms with Gasteiger partial charge in [0, 0.05) is 19.1 Å². The van der Waals surface area contributed by atoms with Crippen molar-refractivity contribution in [1.29, 1.82) is 0 Å². The highest BCUT2D eigenvalue weighted by molar-refractivity contribution is 5.82. The van der Waals surface area contributed by atoms with Crippen LogP contribution in [-0.2, 0) is 4.79 Å². The van der Waals surface area contributed by atoms with Crippen LogP contribution < -0.4 is 5.32 Å². The number of nitrogens with one attached hydrogen (secondary N) is 1. The molecule has 1 aliphatic heterocycles. The smallest absolute Gasteiger partial charge is 0.239 e. The summed E-state index contributed by atoms with van der Waals surface area (Å²) < 4.78 is 0. The number of hydrogen-bond acceptors (Lipinski definition) is 2. The van der Waals surface area contributed by atoms with Gasteiger partial charge >= 0.3 is 0 Å². The standard InChI is InChI=1S/C16H26N2O/c19-16-15(17-14-8-9-14)7-4-11-18(16)12-10-13-5-2-1-3-6-13/h5,14-15,17H,1-4,6-12H2. The van der Waals surface area contributed by atoms with E-state index in [2.05, 4.69) is 16.3 Å². The SMILES string of the molecule is O=C1C(NC2CC2)CCCN1CCC1=CCCCC1. The highest BCUT2D eigenvalue weighted by atomic mass is 16.2. The van der Waals surface area contributed by atoms with E-state index in [1.165, 1.54) is 38.5 Å². The summed E-state index contributed by atoms with van der Waals surface area (Å²) in [6.45, 7) is 1.91. The Kier molecular flexibility index (Phi) is 4.21. The molecule has 2 fully saturated rings. The Morgan fingerprint density at radius 2 is 2.11 bits per heavy atom. The van der Waals surface area contributed by atoms with Gasteiger partial charge in [0.2, 0.25) is 5.91 Å². The summed E-state index contributed by atoms with van der Waals surface area (Å²) in [4.78, 5) is 14.5. The molecule has 0 radical (unpaired) electrons. The van der Waals surface area contributed by atoms with Crippen molar-refractivity contribution in [2.45, 2.75) is 69.9 Å². The van der Waals surface area contributed by atoms with E-state index in [9.17, 15) is 4.79 Å². The lowest BCUT2D eigenvalue weighted by Gasteiger charge is -2.33. The molecule has 0 aromatic carbocycles. The van der Waals surface area contributed by atoms with Crippen LogP contribution in [0.15, 0.2) is 11.6 Å². The Hall–Kier alpha value is -0.830. The van der Waals surface area contributed by atoms with Gasteiger partial charge in [0.25, 0.3) is 0 Å².